The van der Waals surface area contributed by atoms with E-state index in [1.54, 1.807) is 0 Å². The van der Waals surface area contributed by atoms with Gasteiger partial charge in [-0.2, -0.15) is 5.26 Å². The molecule has 0 aliphatic rings. The molecule has 0 radical (unpaired) electrons. The van der Waals surface area contributed by atoms with Crippen LogP contribution in [0.2, 0.25) is 0 Å². The Labute approximate surface area is 73.8 Å². The van der Waals surface area contributed by atoms with Gasteiger partial charge in [0.15, 0.2) is 0 Å². The average molecular weight is 243 g/mol. The molecule has 0 aliphatic heterocycles. The third-order valence-electron chi connectivity index (χ3n) is 1.28. The van der Waals surface area contributed by atoms with Crippen molar-refractivity contribution in [3.8, 4) is 6.07 Å². The maximum Gasteiger partial charge on any atom is 0.0994 e. The Morgan fingerprint density at radius 2 is 2.10 bits per heavy atom. The molecule has 50 valence electrons. The van der Waals surface area contributed by atoms with Gasteiger partial charge in [-0.3, -0.25) is 0 Å². The zero-order valence-electron chi connectivity index (χ0n) is 5.34. The topological polar surface area (TPSA) is 23.8 Å². The summed E-state index contributed by atoms with van der Waals surface area (Å²) < 4.78 is 0.904. The summed E-state index contributed by atoms with van der Waals surface area (Å²) in [5.74, 6) is 0. The third-order valence-corrected chi connectivity index (χ3v) is 2.10. The van der Waals surface area contributed by atoms with Crippen molar-refractivity contribution in [3.05, 3.63) is 35.4 Å². The minimum absolute atomic E-state index is 0.789. The Morgan fingerprint density at radius 3 is 2.60 bits per heavy atom. The Balaban J connectivity index is 3.12. The molecule has 1 aromatic carbocycles. The van der Waals surface area contributed by atoms with Crippen LogP contribution in [0.3, 0.4) is 0 Å². The smallest absolute Gasteiger partial charge is 0.0994 e. The fourth-order valence-corrected chi connectivity index (χ4v) is 1.41. The molecule has 0 spiro atoms. The Kier molecular flexibility index (Phi) is 2.69. The van der Waals surface area contributed by atoms with Crippen molar-refractivity contribution in [2.75, 3.05) is 0 Å². The van der Waals surface area contributed by atoms with E-state index in [1.165, 1.54) is 0 Å². The van der Waals surface area contributed by atoms with Crippen LogP contribution >= 0.6 is 22.6 Å². The van der Waals surface area contributed by atoms with Crippen molar-refractivity contribution in [3.63, 3.8) is 0 Å². The van der Waals surface area contributed by atoms with Gasteiger partial charge in [0, 0.05) is 4.43 Å². The maximum absolute atomic E-state index is 8.60. The number of hydrogen-bond donors (Lipinski definition) is 0. The molecule has 0 unspecified atom stereocenters. The molecule has 1 rings (SSSR count). The molecule has 2 heteroatoms. The minimum atomic E-state index is 0.789. The number of nitriles is 1. The van der Waals surface area contributed by atoms with Crippen LogP contribution in [-0.4, -0.2) is 0 Å². The van der Waals surface area contributed by atoms with Gasteiger partial charge in [-0.05, 0) is 11.6 Å². The van der Waals surface area contributed by atoms with Crippen LogP contribution in [0.1, 0.15) is 11.1 Å². The Hall–Kier alpha value is -0.560. The Bertz CT molecular complexity index is 262. The van der Waals surface area contributed by atoms with Crippen molar-refractivity contribution in [1.82, 2.24) is 0 Å². The van der Waals surface area contributed by atoms with Gasteiger partial charge in [0.25, 0.3) is 0 Å². The molecule has 0 saturated heterocycles. The quantitative estimate of drug-likeness (QED) is 0.549. The van der Waals surface area contributed by atoms with Gasteiger partial charge in [0.2, 0.25) is 0 Å². The first-order valence-corrected chi connectivity index (χ1v) is 4.45. The first kappa shape index (κ1) is 7.55. The second-order valence-corrected chi connectivity index (χ2v) is 2.67. The highest BCUT2D eigenvalue weighted by Crippen LogP contribution is 2.10. The van der Waals surface area contributed by atoms with Gasteiger partial charge in [0.1, 0.15) is 0 Å². The maximum atomic E-state index is 8.60. The predicted octanol–water partition coefficient (Wildman–Crippen LogP) is 2.49. The second-order valence-electron chi connectivity index (χ2n) is 1.90. The molecule has 0 bridgehead atoms. The van der Waals surface area contributed by atoms with E-state index in [-0.39, 0.29) is 0 Å². The van der Waals surface area contributed by atoms with E-state index in [0.717, 1.165) is 15.6 Å². The zero-order chi connectivity index (χ0) is 7.40. The molecule has 10 heavy (non-hydrogen) atoms. The number of rotatable bonds is 1. The van der Waals surface area contributed by atoms with Crippen LogP contribution in [0.5, 0.6) is 0 Å². The highest BCUT2D eigenvalue weighted by molar-refractivity contribution is 14.1. The lowest BCUT2D eigenvalue weighted by molar-refractivity contribution is 1.38. The summed E-state index contributed by atoms with van der Waals surface area (Å²) in [5, 5.41) is 8.60. The first-order valence-electron chi connectivity index (χ1n) is 2.92. The fourth-order valence-electron chi connectivity index (χ4n) is 0.746. The third kappa shape index (κ3) is 1.48. The van der Waals surface area contributed by atoms with Gasteiger partial charge in [0.05, 0.1) is 11.6 Å². The van der Waals surface area contributed by atoms with Crippen LogP contribution in [0.15, 0.2) is 24.3 Å². The van der Waals surface area contributed by atoms with E-state index in [9.17, 15) is 0 Å². The fraction of sp³-hybridized carbons (Fsp3) is 0.125. The van der Waals surface area contributed by atoms with Crippen molar-refractivity contribution < 1.29 is 0 Å². The average Bonchev–Trinajstić information content (AvgIpc) is 2.04. The summed E-state index contributed by atoms with van der Waals surface area (Å²) in [5.41, 5.74) is 1.91. The van der Waals surface area contributed by atoms with Crippen LogP contribution in [0.25, 0.3) is 0 Å². The van der Waals surface area contributed by atoms with Gasteiger partial charge >= 0.3 is 0 Å². The zero-order valence-corrected chi connectivity index (χ0v) is 7.50. The largest absolute Gasteiger partial charge is 0.192 e. The normalized spacial score (nSPS) is 8.80. The van der Waals surface area contributed by atoms with Crippen LogP contribution in [-0.2, 0) is 4.43 Å². The molecule has 0 atom stereocenters. The van der Waals surface area contributed by atoms with Crippen molar-refractivity contribution in [1.29, 1.82) is 5.26 Å². The molecular formula is C8H6IN. The van der Waals surface area contributed by atoms with E-state index in [2.05, 4.69) is 28.7 Å². The summed E-state index contributed by atoms with van der Waals surface area (Å²) in [4.78, 5) is 0. The summed E-state index contributed by atoms with van der Waals surface area (Å²) >= 11 is 2.25. The van der Waals surface area contributed by atoms with Crippen molar-refractivity contribution >= 4 is 22.6 Å². The summed E-state index contributed by atoms with van der Waals surface area (Å²) in [6.07, 6.45) is 0. The van der Waals surface area contributed by atoms with Crippen LogP contribution in [0, 0.1) is 11.3 Å². The Morgan fingerprint density at radius 1 is 1.40 bits per heavy atom. The summed E-state index contributed by atoms with van der Waals surface area (Å²) in [6.45, 7) is 0. The van der Waals surface area contributed by atoms with Crippen molar-refractivity contribution in [2.45, 2.75) is 4.43 Å². The lowest BCUT2D eigenvalue weighted by Crippen LogP contribution is -1.82. The lowest BCUT2D eigenvalue weighted by atomic mass is 10.1. The van der Waals surface area contributed by atoms with E-state index in [1.807, 2.05) is 24.3 Å². The van der Waals surface area contributed by atoms with Gasteiger partial charge in [-0.25, -0.2) is 0 Å². The standard InChI is InChI=1S/C8H6IN/c9-5-7-3-1-2-4-8(7)6-10/h1-4H,5H2. The van der Waals surface area contributed by atoms with Gasteiger partial charge in [-0.15, -0.1) is 0 Å². The molecule has 0 aromatic heterocycles. The molecule has 0 fully saturated rings. The monoisotopic (exact) mass is 243 g/mol. The molecule has 1 nitrogen and oxygen atoms in total. The molecule has 0 saturated carbocycles. The minimum Gasteiger partial charge on any atom is -0.192 e. The molecule has 1 aromatic rings. The van der Waals surface area contributed by atoms with E-state index in [0.29, 0.717) is 0 Å². The molecule has 0 heterocycles. The highest BCUT2D eigenvalue weighted by atomic mass is 127. The number of alkyl halides is 1. The van der Waals surface area contributed by atoms with E-state index in [4.69, 9.17) is 5.26 Å². The van der Waals surface area contributed by atoms with Gasteiger partial charge in [-0.1, -0.05) is 40.8 Å². The second kappa shape index (κ2) is 3.57. The van der Waals surface area contributed by atoms with Gasteiger partial charge < -0.3 is 0 Å². The lowest BCUT2D eigenvalue weighted by Gasteiger charge is -1.95. The van der Waals surface area contributed by atoms with E-state index < -0.39 is 0 Å². The molecule has 0 N–H and O–H groups in total. The van der Waals surface area contributed by atoms with Crippen molar-refractivity contribution in [2.24, 2.45) is 0 Å². The number of benzene rings is 1. The SMILES string of the molecule is N#Cc1ccccc1CI. The van der Waals surface area contributed by atoms with E-state index >= 15 is 0 Å². The number of nitrogens with zero attached hydrogens (tertiary/aromatic N) is 1. The number of hydrogen-bond acceptors (Lipinski definition) is 1. The molecule has 0 amide bonds. The summed E-state index contributed by atoms with van der Waals surface area (Å²) in [7, 11) is 0. The first-order chi connectivity index (χ1) is 4.88. The van der Waals surface area contributed by atoms with Crippen LogP contribution < -0.4 is 0 Å². The summed E-state index contributed by atoms with van der Waals surface area (Å²) in [6, 6.07) is 9.80. The highest BCUT2D eigenvalue weighted by Gasteiger charge is 1.95. The van der Waals surface area contributed by atoms with Crippen LogP contribution in [0.4, 0.5) is 0 Å². The molecule has 0 aliphatic carbocycles. The predicted molar refractivity (Wildman–Crippen MR) is 48.9 cm³/mol. The molecular weight excluding hydrogens is 237 g/mol. The number of halogens is 1.